The molecule has 2 aromatic heterocycles. The Bertz CT molecular complexity index is 1150. The van der Waals surface area contributed by atoms with Gasteiger partial charge in [0.05, 0.1) is 25.5 Å². The maximum Gasteiger partial charge on any atom is 0.272 e. The number of aryl methyl sites for hydroxylation is 1. The molecule has 9 heteroatoms. The molecule has 1 N–H and O–H groups in total. The minimum Gasteiger partial charge on any atom is -0.323 e. The molecule has 4 rings (SSSR count). The third kappa shape index (κ3) is 5.67. The third-order valence-electron chi connectivity index (χ3n) is 5.26. The second-order valence-electron chi connectivity index (χ2n) is 8.10. The van der Waals surface area contributed by atoms with Crippen LogP contribution in [-0.2, 0) is 17.9 Å². The van der Waals surface area contributed by atoms with E-state index in [1.807, 2.05) is 6.92 Å². The largest absolute Gasteiger partial charge is 0.323 e. The summed E-state index contributed by atoms with van der Waals surface area (Å²) in [7, 11) is 0. The molecule has 172 valence electrons. The number of anilines is 1. The Hall–Kier alpha value is -3.46. The third-order valence-corrected chi connectivity index (χ3v) is 5.26. The fourth-order valence-corrected chi connectivity index (χ4v) is 3.75. The van der Waals surface area contributed by atoms with Gasteiger partial charge in [-0.15, -0.1) is 0 Å². The Labute approximate surface area is 189 Å². The first-order chi connectivity index (χ1) is 15.8. The summed E-state index contributed by atoms with van der Waals surface area (Å²) in [6.45, 7) is 2.74. The van der Waals surface area contributed by atoms with E-state index in [2.05, 4.69) is 15.4 Å². The second-order valence-corrected chi connectivity index (χ2v) is 8.10. The van der Waals surface area contributed by atoms with Gasteiger partial charge in [0.25, 0.3) is 5.92 Å². The van der Waals surface area contributed by atoms with Crippen LogP contribution >= 0.6 is 0 Å². The lowest BCUT2D eigenvalue weighted by atomic mass is 10.0. The standard InChI is InChI=1S/C24H24F3N5O/c1-2-9-32-14-19(11-29-32)23-18(10-28-12-21(23)25)5-8-22(33)30-20-6-3-17(4-7-20)13-31-15-24(26,27)16-31/h3-8,10-12,14H,2,9,13,15-16H2,1H3,(H,30,33)/b8-5+. The number of aromatic nitrogens is 3. The van der Waals surface area contributed by atoms with Gasteiger partial charge in [-0.3, -0.25) is 19.4 Å². The van der Waals surface area contributed by atoms with Crippen molar-refractivity contribution in [3.63, 3.8) is 0 Å². The highest BCUT2D eigenvalue weighted by Crippen LogP contribution is 2.28. The molecular formula is C24H24F3N5O. The lowest BCUT2D eigenvalue weighted by molar-refractivity contribution is -0.133. The minimum atomic E-state index is -2.59. The fraction of sp³-hybridized carbons (Fsp3) is 0.292. The van der Waals surface area contributed by atoms with E-state index in [1.165, 1.54) is 18.3 Å². The molecule has 3 heterocycles. The molecule has 1 aliphatic rings. The van der Waals surface area contributed by atoms with E-state index in [0.29, 0.717) is 28.9 Å². The molecule has 33 heavy (non-hydrogen) atoms. The van der Waals surface area contributed by atoms with Crippen LogP contribution in [-0.4, -0.2) is 44.6 Å². The average molecular weight is 455 g/mol. The van der Waals surface area contributed by atoms with Gasteiger partial charge in [0.2, 0.25) is 5.91 Å². The molecule has 1 aromatic carbocycles. The molecule has 0 saturated carbocycles. The van der Waals surface area contributed by atoms with Gasteiger partial charge in [0.15, 0.2) is 0 Å². The van der Waals surface area contributed by atoms with Gasteiger partial charge < -0.3 is 5.32 Å². The number of halogens is 3. The van der Waals surface area contributed by atoms with Gasteiger partial charge >= 0.3 is 0 Å². The molecular weight excluding hydrogens is 431 g/mol. The summed E-state index contributed by atoms with van der Waals surface area (Å²) in [4.78, 5) is 17.9. The quantitative estimate of drug-likeness (QED) is 0.505. The Morgan fingerprint density at radius 2 is 1.94 bits per heavy atom. The molecule has 1 amide bonds. The zero-order valence-corrected chi connectivity index (χ0v) is 18.1. The van der Waals surface area contributed by atoms with Crippen LogP contribution < -0.4 is 5.32 Å². The SMILES string of the molecule is CCCn1cc(-c2c(F)cncc2/C=C/C(=O)Nc2ccc(CN3CC(F)(F)C3)cc2)cn1. The van der Waals surface area contributed by atoms with Gasteiger partial charge in [0, 0.05) is 53.9 Å². The van der Waals surface area contributed by atoms with E-state index in [9.17, 15) is 18.0 Å². The first kappa shape index (κ1) is 22.7. The van der Waals surface area contributed by atoms with E-state index in [0.717, 1.165) is 24.7 Å². The molecule has 0 aliphatic carbocycles. The molecule has 3 aromatic rings. The number of nitrogens with one attached hydrogen (secondary N) is 1. The van der Waals surface area contributed by atoms with Gasteiger partial charge in [-0.2, -0.15) is 5.10 Å². The van der Waals surface area contributed by atoms with E-state index in [-0.39, 0.29) is 19.0 Å². The summed E-state index contributed by atoms with van der Waals surface area (Å²) in [5.41, 5.74) is 2.86. The van der Waals surface area contributed by atoms with Crippen molar-refractivity contribution < 1.29 is 18.0 Å². The molecule has 6 nitrogen and oxygen atoms in total. The Morgan fingerprint density at radius 1 is 1.18 bits per heavy atom. The topological polar surface area (TPSA) is 63.1 Å². The number of rotatable bonds is 8. The van der Waals surface area contributed by atoms with Gasteiger partial charge in [-0.1, -0.05) is 19.1 Å². The van der Waals surface area contributed by atoms with Crippen LogP contribution in [0.3, 0.4) is 0 Å². The van der Waals surface area contributed by atoms with E-state index < -0.39 is 11.7 Å². The monoisotopic (exact) mass is 455 g/mol. The maximum absolute atomic E-state index is 14.5. The highest BCUT2D eigenvalue weighted by molar-refractivity contribution is 6.02. The Kier molecular flexibility index (Phi) is 6.60. The highest BCUT2D eigenvalue weighted by atomic mass is 19.3. The number of pyridine rings is 1. The lowest BCUT2D eigenvalue weighted by Gasteiger charge is -2.38. The lowest BCUT2D eigenvalue weighted by Crippen LogP contribution is -2.55. The molecule has 1 fully saturated rings. The van der Waals surface area contributed by atoms with E-state index in [1.54, 1.807) is 46.2 Å². The van der Waals surface area contributed by atoms with Crippen molar-refractivity contribution in [1.29, 1.82) is 0 Å². The van der Waals surface area contributed by atoms with Gasteiger partial charge in [-0.25, -0.2) is 13.2 Å². The summed E-state index contributed by atoms with van der Waals surface area (Å²) < 4.78 is 42.2. The molecule has 0 radical (unpaired) electrons. The van der Waals surface area contributed by atoms with Crippen LogP contribution in [0.5, 0.6) is 0 Å². The van der Waals surface area contributed by atoms with Crippen molar-refractivity contribution in [3.05, 3.63) is 72.1 Å². The molecule has 0 bridgehead atoms. The number of benzene rings is 1. The highest BCUT2D eigenvalue weighted by Gasteiger charge is 2.43. The van der Waals surface area contributed by atoms with Crippen molar-refractivity contribution in [2.45, 2.75) is 32.4 Å². The van der Waals surface area contributed by atoms with Gasteiger partial charge in [0.1, 0.15) is 5.82 Å². The first-order valence-corrected chi connectivity index (χ1v) is 10.7. The van der Waals surface area contributed by atoms with Crippen molar-refractivity contribution in [3.8, 4) is 11.1 Å². The minimum absolute atomic E-state index is 0.230. The Balaban J connectivity index is 1.40. The summed E-state index contributed by atoms with van der Waals surface area (Å²) in [6.07, 6.45) is 9.71. The first-order valence-electron chi connectivity index (χ1n) is 10.7. The second kappa shape index (κ2) is 9.58. The predicted molar refractivity (Wildman–Crippen MR) is 120 cm³/mol. The molecule has 1 saturated heterocycles. The van der Waals surface area contributed by atoms with Crippen LogP contribution in [0.2, 0.25) is 0 Å². The number of alkyl halides is 2. The summed E-state index contributed by atoms with van der Waals surface area (Å²) in [5.74, 6) is -3.47. The van der Waals surface area contributed by atoms with Crippen molar-refractivity contribution in [2.24, 2.45) is 0 Å². The van der Waals surface area contributed by atoms with E-state index in [4.69, 9.17) is 0 Å². The zero-order valence-electron chi connectivity index (χ0n) is 18.1. The molecule has 1 aliphatic heterocycles. The van der Waals surface area contributed by atoms with Gasteiger partial charge in [-0.05, 0) is 30.2 Å². The van der Waals surface area contributed by atoms with Crippen LogP contribution in [0.4, 0.5) is 18.9 Å². The van der Waals surface area contributed by atoms with Crippen molar-refractivity contribution in [1.82, 2.24) is 19.7 Å². The summed E-state index contributed by atoms with van der Waals surface area (Å²) in [5, 5.41) is 6.98. The molecule has 0 spiro atoms. The number of nitrogens with zero attached hydrogens (tertiary/aromatic N) is 4. The molecule has 0 unspecified atom stereocenters. The van der Waals surface area contributed by atoms with Crippen LogP contribution in [0.1, 0.15) is 24.5 Å². The van der Waals surface area contributed by atoms with Crippen LogP contribution in [0, 0.1) is 5.82 Å². The number of likely N-dealkylation sites (tertiary alicyclic amines) is 1. The number of carbonyl (C=O) groups excluding carboxylic acids is 1. The molecule has 0 atom stereocenters. The van der Waals surface area contributed by atoms with Crippen LogP contribution in [0.25, 0.3) is 17.2 Å². The summed E-state index contributed by atoms with van der Waals surface area (Å²) >= 11 is 0. The normalized spacial score (nSPS) is 15.5. The number of amides is 1. The van der Waals surface area contributed by atoms with E-state index >= 15 is 0 Å². The number of carbonyl (C=O) groups is 1. The fourth-order valence-electron chi connectivity index (χ4n) is 3.75. The average Bonchev–Trinajstić information content (AvgIpc) is 3.21. The number of hydrogen-bond donors (Lipinski definition) is 1. The van der Waals surface area contributed by atoms with Crippen molar-refractivity contribution in [2.75, 3.05) is 18.4 Å². The Morgan fingerprint density at radius 3 is 2.64 bits per heavy atom. The summed E-state index contributed by atoms with van der Waals surface area (Å²) in [6, 6.07) is 7.02. The smallest absolute Gasteiger partial charge is 0.272 e. The van der Waals surface area contributed by atoms with Crippen molar-refractivity contribution >= 4 is 17.7 Å². The zero-order chi connectivity index (χ0) is 23.4. The van der Waals surface area contributed by atoms with Crippen LogP contribution in [0.15, 0.2) is 55.1 Å². The maximum atomic E-state index is 14.5. The predicted octanol–water partition coefficient (Wildman–Crippen LogP) is 4.60. The number of hydrogen-bond acceptors (Lipinski definition) is 4.